The van der Waals surface area contributed by atoms with Crippen LogP contribution in [0.15, 0.2) is 0 Å². The number of aliphatic hydroxyl groups is 1. The summed E-state index contributed by atoms with van der Waals surface area (Å²) in [5.74, 6) is 0.121. The van der Waals surface area contributed by atoms with Crippen molar-refractivity contribution >= 4 is 6.03 Å². The zero-order valence-electron chi connectivity index (χ0n) is 10.1. The molecule has 0 bridgehead atoms. The Bertz CT molecular complexity index is 233. The minimum atomic E-state index is -0.395. The maximum Gasteiger partial charge on any atom is 0.314 e. The van der Waals surface area contributed by atoms with Gasteiger partial charge in [0.25, 0.3) is 0 Å². The van der Waals surface area contributed by atoms with Gasteiger partial charge in [0, 0.05) is 25.0 Å². The second-order valence-electron chi connectivity index (χ2n) is 4.63. The molecule has 0 spiro atoms. The highest BCUT2D eigenvalue weighted by Crippen LogP contribution is 2.20. The SMILES string of the molecule is CCCNC1CC(C(C)O)CN(C(N)=O)C1. The van der Waals surface area contributed by atoms with Crippen LogP contribution >= 0.6 is 0 Å². The number of aliphatic hydroxyl groups excluding tert-OH is 1. The van der Waals surface area contributed by atoms with E-state index in [1.807, 2.05) is 0 Å². The van der Waals surface area contributed by atoms with E-state index in [9.17, 15) is 9.90 Å². The van der Waals surface area contributed by atoms with Gasteiger partial charge in [-0.25, -0.2) is 4.79 Å². The molecule has 0 radical (unpaired) electrons. The number of nitrogens with one attached hydrogen (secondary N) is 1. The van der Waals surface area contributed by atoms with Crippen LogP contribution in [0.1, 0.15) is 26.7 Å². The van der Waals surface area contributed by atoms with Gasteiger partial charge in [-0.05, 0) is 26.3 Å². The standard InChI is InChI=1S/C11H23N3O2/c1-3-4-13-10-5-9(8(2)15)6-14(7-10)11(12)16/h8-10,13,15H,3-7H2,1-2H3,(H2,12,16). The summed E-state index contributed by atoms with van der Waals surface area (Å²) < 4.78 is 0. The Kier molecular flexibility index (Phi) is 5.02. The molecule has 0 aromatic heterocycles. The van der Waals surface area contributed by atoms with Gasteiger partial charge in [-0.2, -0.15) is 0 Å². The summed E-state index contributed by atoms with van der Waals surface area (Å²) in [6, 6.07) is -0.144. The van der Waals surface area contributed by atoms with Gasteiger partial charge in [0.1, 0.15) is 0 Å². The summed E-state index contributed by atoms with van der Waals surface area (Å²) in [6.45, 7) is 6.03. The number of primary amides is 1. The van der Waals surface area contributed by atoms with E-state index >= 15 is 0 Å². The number of hydrogen-bond donors (Lipinski definition) is 3. The van der Waals surface area contributed by atoms with Crippen molar-refractivity contribution in [3.8, 4) is 0 Å². The number of piperidine rings is 1. The van der Waals surface area contributed by atoms with Crippen LogP contribution in [0, 0.1) is 5.92 Å². The third-order valence-electron chi connectivity index (χ3n) is 3.16. The van der Waals surface area contributed by atoms with Crippen LogP contribution in [0.5, 0.6) is 0 Å². The molecule has 1 aliphatic heterocycles. The number of amides is 2. The smallest absolute Gasteiger partial charge is 0.314 e. The summed E-state index contributed by atoms with van der Waals surface area (Å²) >= 11 is 0. The van der Waals surface area contributed by atoms with Crippen molar-refractivity contribution in [2.24, 2.45) is 11.7 Å². The van der Waals surface area contributed by atoms with Crippen LogP contribution in [-0.4, -0.2) is 47.8 Å². The average Bonchev–Trinajstić information content (AvgIpc) is 2.25. The number of carbonyl (C=O) groups is 1. The first kappa shape index (κ1) is 13.3. The molecule has 1 rings (SSSR count). The third-order valence-corrected chi connectivity index (χ3v) is 3.16. The van der Waals surface area contributed by atoms with Crippen molar-refractivity contribution in [2.75, 3.05) is 19.6 Å². The average molecular weight is 229 g/mol. The maximum absolute atomic E-state index is 11.2. The fourth-order valence-electron chi connectivity index (χ4n) is 2.16. The molecule has 1 aliphatic rings. The van der Waals surface area contributed by atoms with Crippen molar-refractivity contribution in [1.82, 2.24) is 10.2 Å². The maximum atomic E-state index is 11.2. The second-order valence-corrected chi connectivity index (χ2v) is 4.63. The summed E-state index contributed by atoms with van der Waals surface area (Å²) in [6.07, 6.45) is 1.57. The summed E-state index contributed by atoms with van der Waals surface area (Å²) in [7, 11) is 0. The Morgan fingerprint density at radius 3 is 2.81 bits per heavy atom. The van der Waals surface area contributed by atoms with Crippen LogP contribution < -0.4 is 11.1 Å². The number of urea groups is 1. The van der Waals surface area contributed by atoms with Gasteiger partial charge in [-0.3, -0.25) is 0 Å². The summed E-state index contributed by atoms with van der Waals surface area (Å²) in [4.78, 5) is 12.8. The lowest BCUT2D eigenvalue weighted by Crippen LogP contribution is -2.54. The quantitative estimate of drug-likeness (QED) is 0.641. The molecule has 5 nitrogen and oxygen atoms in total. The molecule has 5 heteroatoms. The molecular weight excluding hydrogens is 206 g/mol. The van der Waals surface area contributed by atoms with Gasteiger partial charge in [-0.1, -0.05) is 6.92 Å². The highest BCUT2D eigenvalue weighted by Gasteiger charge is 2.30. The van der Waals surface area contributed by atoms with E-state index in [-0.39, 0.29) is 12.0 Å². The molecule has 0 aromatic carbocycles. The van der Waals surface area contributed by atoms with Crippen molar-refractivity contribution in [2.45, 2.75) is 38.8 Å². The Balaban J connectivity index is 2.55. The Morgan fingerprint density at radius 1 is 1.62 bits per heavy atom. The molecule has 4 N–H and O–H groups in total. The summed E-state index contributed by atoms with van der Waals surface area (Å²) in [5, 5.41) is 13.0. The molecular formula is C11H23N3O2. The van der Waals surface area contributed by atoms with Gasteiger partial charge in [0.15, 0.2) is 0 Å². The number of likely N-dealkylation sites (tertiary alicyclic amines) is 1. The number of nitrogens with zero attached hydrogens (tertiary/aromatic N) is 1. The minimum absolute atomic E-state index is 0.121. The van der Waals surface area contributed by atoms with E-state index < -0.39 is 12.1 Å². The molecule has 1 fully saturated rings. The van der Waals surface area contributed by atoms with Crippen molar-refractivity contribution in [3.05, 3.63) is 0 Å². The molecule has 1 heterocycles. The fraction of sp³-hybridized carbons (Fsp3) is 0.909. The Labute approximate surface area is 97.0 Å². The predicted octanol–water partition coefficient (Wildman–Crippen LogP) is 0.136. The number of rotatable bonds is 4. The molecule has 2 amide bonds. The Morgan fingerprint density at radius 2 is 2.31 bits per heavy atom. The third kappa shape index (κ3) is 3.64. The number of nitrogens with two attached hydrogens (primary N) is 1. The van der Waals surface area contributed by atoms with Crippen molar-refractivity contribution in [3.63, 3.8) is 0 Å². The normalized spacial score (nSPS) is 27.8. The molecule has 0 saturated carbocycles. The van der Waals surface area contributed by atoms with Gasteiger partial charge in [0.05, 0.1) is 6.10 Å². The van der Waals surface area contributed by atoms with Crippen LogP contribution in [0.3, 0.4) is 0 Å². The first-order valence-corrected chi connectivity index (χ1v) is 6.00. The Hall–Kier alpha value is -0.810. The van der Waals surface area contributed by atoms with Crippen molar-refractivity contribution < 1.29 is 9.90 Å². The molecule has 0 aliphatic carbocycles. The highest BCUT2D eigenvalue weighted by molar-refractivity contribution is 5.72. The molecule has 1 saturated heterocycles. The van der Waals surface area contributed by atoms with Crippen molar-refractivity contribution in [1.29, 1.82) is 0 Å². The highest BCUT2D eigenvalue weighted by atomic mass is 16.3. The van der Waals surface area contributed by atoms with Gasteiger partial charge >= 0.3 is 6.03 Å². The van der Waals surface area contributed by atoms with Crippen LogP contribution in [-0.2, 0) is 0 Å². The molecule has 3 atom stereocenters. The first-order chi connectivity index (χ1) is 7.54. The zero-order chi connectivity index (χ0) is 12.1. The topological polar surface area (TPSA) is 78.6 Å². The van der Waals surface area contributed by atoms with E-state index in [4.69, 9.17) is 5.73 Å². The second kappa shape index (κ2) is 6.06. The predicted molar refractivity (Wildman–Crippen MR) is 63.0 cm³/mol. The van der Waals surface area contributed by atoms with Crippen LogP contribution in [0.2, 0.25) is 0 Å². The van der Waals surface area contributed by atoms with E-state index in [2.05, 4.69) is 12.2 Å². The van der Waals surface area contributed by atoms with E-state index in [0.29, 0.717) is 13.1 Å². The van der Waals surface area contributed by atoms with Crippen LogP contribution in [0.4, 0.5) is 4.79 Å². The summed E-state index contributed by atoms with van der Waals surface area (Å²) in [5.41, 5.74) is 5.30. The largest absolute Gasteiger partial charge is 0.393 e. The van der Waals surface area contributed by atoms with Gasteiger partial charge in [-0.15, -0.1) is 0 Å². The lowest BCUT2D eigenvalue weighted by atomic mass is 9.90. The molecule has 16 heavy (non-hydrogen) atoms. The lowest BCUT2D eigenvalue weighted by Gasteiger charge is -2.38. The fourth-order valence-corrected chi connectivity index (χ4v) is 2.16. The van der Waals surface area contributed by atoms with E-state index in [0.717, 1.165) is 19.4 Å². The number of carbonyl (C=O) groups excluding carboxylic acids is 1. The van der Waals surface area contributed by atoms with E-state index in [1.165, 1.54) is 0 Å². The minimum Gasteiger partial charge on any atom is -0.393 e. The monoisotopic (exact) mass is 229 g/mol. The number of hydrogen-bond acceptors (Lipinski definition) is 3. The molecule has 0 aromatic rings. The van der Waals surface area contributed by atoms with E-state index in [1.54, 1.807) is 11.8 Å². The zero-order valence-corrected chi connectivity index (χ0v) is 10.1. The van der Waals surface area contributed by atoms with Gasteiger partial charge < -0.3 is 21.1 Å². The van der Waals surface area contributed by atoms with Crippen LogP contribution in [0.25, 0.3) is 0 Å². The molecule has 3 unspecified atom stereocenters. The van der Waals surface area contributed by atoms with Gasteiger partial charge in [0.2, 0.25) is 0 Å². The lowest BCUT2D eigenvalue weighted by molar-refractivity contribution is 0.0624. The first-order valence-electron chi connectivity index (χ1n) is 6.00. The molecule has 94 valence electrons.